The zero-order valence-electron chi connectivity index (χ0n) is 17.4. The Kier molecular flexibility index (Phi) is 8.04. The first-order valence-electron chi connectivity index (χ1n) is 10.3. The molecule has 1 fully saturated rings. The second kappa shape index (κ2) is 10.9. The summed E-state index contributed by atoms with van der Waals surface area (Å²) in [5.74, 6) is 1.18. The topological polar surface area (TPSA) is 68.8 Å². The monoisotopic (exact) mass is 428 g/mol. The van der Waals surface area contributed by atoms with E-state index in [0.717, 1.165) is 43.1 Å². The van der Waals surface area contributed by atoms with Crippen LogP contribution in [0.4, 0.5) is 5.69 Å². The molecule has 2 aromatic rings. The number of ether oxygens (including phenoxy) is 3. The molecule has 1 saturated heterocycles. The van der Waals surface area contributed by atoms with Gasteiger partial charge in [-0.25, -0.2) is 0 Å². The van der Waals surface area contributed by atoms with Crippen molar-refractivity contribution >= 4 is 28.9 Å². The second-order valence-electron chi connectivity index (χ2n) is 7.24. The van der Waals surface area contributed by atoms with Gasteiger partial charge in [0, 0.05) is 23.9 Å². The number of amides is 1. The number of thiocarbonyl (C=S) groups is 1. The van der Waals surface area contributed by atoms with Crippen LogP contribution >= 0.6 is 12.2 Å². The van der Waals surface area contributed by atoms with Gasteiger partial charge < -0.3 is 19.5 Å². The third-order valence-electron chi connectivity index (χ3n) is 4.81. The molecule has 3 rings (SSSR count). The van der Waals surface area contributed by atoms with Crippen LogP contribution in [-0.2, 0) is 4.74 Å². The maximum absolute atomic E-state index is 12.4. The molecule has 0 radical (unpaired) electrons. The quantitative estimate of drug-likeness (QED) is 0.602. The highest BCUT2D eigenvalue weighted by molar-refractivity contribution is 7.80. The lowest BCUT2D eigenvalue weighted by atomic mass is 10.2. The summed E-state index contributed by atoms with van der Waals surface area (Å²) in [6.07, 6.45) is 3.31. The molecule has 7 heteroatoms. The van der Waals surface area contributed by atoms with Crippen molar-refractivity contribution in [3.8, 4) is 11.5 Å². The Balaban J connectivity index is 1.49. The first kappa shape index (κ1) is 22.1. The fourth-order valence-electron chi connectivity index (χ4n) is 2.97. The van der Waals surface area contributed by atoms with E-state index in [4.69, 9.17) is 26.4 Å². The maximum atomic E-state index is 12.4. The van der Waals surface area contributed by atoms with Gasteiger partial charge in [-0.1, -0.05) is 13.0 Å². The van der Waals surface area contributed by atoms with Gasteiger partial charge in [0.25, 0.3) is 5.91 Å². The molecule has 2 aromatic carbocycles. The van der Waals surface area contributed by atoms with Crippen molar-refractivity contribution in [1.29, 1.82) is 0 Å². The standard InChI is InChI=1S/C23H28N2O4S/c1-3-16(2)29-19-11-9-17(10-12-19)22(26)25-23(30)24-18-6-4-7-20(14-18)28-15-21-8-5-13-27-21/h4,6-7,9-12,14,16,21H,3,5,8,13,15H2,1-2H3,(H2,24,25,26,30). The first-order chi connectivity index (χ1) is 14.5. The summed E-state index contributed by atoms with van der Waals surface area (Å²) in [6.45, 7) is 5.40. The summed E-state index contributed by atoms with van der Waals surface area (Å²) in [4.78, 5) is 12.4. The number of nitrogens with one attached hydrogen (secondary N) is 2. The molecule has 2 N–H and O–H groups in total. The van der Waals surface area contributed by atoms with Gasteiger partial charge in [0.05, 0.1) is 12.2 Å². The lowest BCUT2D eigenvalue weighted by molar-refractivity contribution is 0.0680. The Hall–Kier alpha value is -2.64. The van der Waals surface area contributed by atoms with Crippen molar-refractivity contribution in [2.45, 2.75) is 45.3 Å². The second-order valence-corrected chi connectivity index (χ2v) is 7.65. The Bertz CT molecular complexity index is 851. The minimum Gasteiger partial charge on any atom is -0.491 e. The summed E-state index contributed by atoms with van der Waals surface area (Å²) in [6, 6.07) is 14.5. The first-order valence-corrected chi connectivity index (χ1v) is 10.7. The number of hydrogen-bond acceptors (Lipinski definition) is 5. The van der Waals surface area contributed by atoms with Gasteiger partial charge in [0.1, 0.15) is 18.1 Å². The molecule has 0 aromatic heterocycles. The molecule has 0 aliphatic carbocycles. The van der Waals surface area contributed by atoms with Gasteiger partial charge in [0.15, 0.2) is 5.11 Å². The van der Waals surface area contributed by atoms with E-state index in [2.05, 4.69) is 17.6 Å². The molecule has 0 saturated carbocycles. The molecule has 1 aliphatic heterocycles. The summed E-state index contributed by atoms with van der Waals surface area (Å²) < 4.78 is 17.1. The minimum absolute atomic E-state index is 0.131. The Morgan fingerprint density at radius 3 is 2.73 bits per heavy atom. The summed E-state index contributed by atoms with van der Waals surface area (Å²) >= 11 is 5.28. The number of carbonyl (C=O) groups is 1. The third kappa shape index (κ3) is 6.71. The molecule has 0 bridgehead atoms. The van der Waals surface area contributed by atoms with Crippen molar-refractivity contribution in [2.75, 3.05) is 18.5 Å². The average molecular weight is 429 g/mol. The van der Waals surface area contributed by atoms with Crippen LogP contribution in [0.2, 0.25) is 0 Å². The van der Waals surface area contributed by atoms with Crippen molar-refractivity contribution < 1.29 is 19.0 Å². The number of rotatable bonds is 8. The van der Waals surface area contributed by atoms with E-state index in [-0.39, 0.29) is 23.2 Å². The number of benzene rings is 2. The molecule has 2 unspecified atom stereocenters. The zero-order chi connectivity index (χ0) is 21.3. The normalized spacial score (nSPS) is 16.5. The summed E-state index contributed by atoms with van der Waals surface area (Å²) in [7, 11) is 0. The molecule has 0 spiro atoms. The van der Waals surface area contributed by atoms with Gasteiger partial charge in [-0.05, 0) is 74.8 Å². The minimum atomic E-state index is -0.284. The van der Waals surface area contributed by atoms with E-state index < -0.39 is 0 Å². The molecule has 30 heavy (non-hydrogen) atoms. The lowest BCUT2D eigenvalue weighted by Crippen LogP contribution is -2.34. The number of hydrogen-bond donors (Lipinski definition) is 2. The average Bonchev–Trinajstić information content (AvgIpc) is 3.26. The van der Waals surface area contributed by atoms with E-state index in [9.17, 15) is 4.79 Å². The number of anilines is 1. The predicted molar refractivity (Wildman–Crippen MR) is 121 cm³/mol. The van der Waals surface area contributed by atoms with Crippen LogP contribution in [0.5, 0.6) is 11.5 Å². The van der Waals surface area contributed by atoms with Crippen LogP contribution in [0.1, 0.15) is 43.5 Å². The van der Waals surface area contributed by atoms with Crippen LogP contribution < -0.4 is 20.1 Å². The molecule has 1 amide bonds. The predicted octanol–water partition coefficient (Wildman–Crippen LogP) is 4.55. The Morgan fingerprint density at radius 2 is 2.03 bits per heavy atom. The molecular formula is C23H28N2O4S. The van der Waals surface area contributed by atoms with Crippen molar-refractivity contribution in [2.24, 2.45) is 0 Å². The highest BCUT2D eigenvalue weighted by atomic mass is 32.1. The highest BCUT2D eigenvalue weighted by Gasteiger charge is 2.16. The third-order valence-corrected chi connectivity index (χ3v) is 5.01. The zero-order valence-corrected chi connectivity index (χ0v) is 18.2. The van der Waals surface area contributed by atoms with Crippen LogP contribution in [0.15, 0.2) is 48.5 Å². The van der Waals surface area contributed by atoms with Crippen LogP contribution in [0.3, 0.4) is 0 Å². The van der Waals surface area contributed by atoms with Gasteiger partial charge in [-0.15, -0.1) is 0 Å². The summed E-state index contributed by atoms with van der Waals surface area (Å²) in [5, 5.41) is 5.93. The number of carbonyl (C=O) groups excluding carboxylic acids is 1. The van der Waals surface area contributed by atoms with E-state index in [1.165, 1.54) is 0 Å². The fourth-order valence-corrected chi connectivity index (χ4v) is 3.18. The molecule has 1 aliphatic rings. The van der Waals surface area contributed by atoms with E-state index in [1.807, 2.05) is 31.2 Å². The molecule has 160 valence electrons. The van der Waals surface area contributed by atoms with Crippen LogP contribution in [-0.4, -0.2) is 36.4 Å². The van der Waals surface area contributed by atoms with E-state index >= 15 is 0 Å². The van der Waals surface area contributed by atoms with E-state index in [0.29, 0.717) is 12.2 Å². The van der Waals surface area contributed by atoms with Crippen LogP contribution in [0, 0.1) is 0 Å². The molecule has 1 heterocycles. The molecule has 2 atom stereocenters. The van der Waals surface area contributed by atoms with Crippen molar-refractivity contribution in [3.63, 3.8) is 0 Å². The largest absolute Gasteiger partial charge is 0.491 e. The van der Waals surface area contributed by atoms with Gasteiger partial charge in [-0.3, -0.25) is 10.1 Å². The Morgan fingerprint density at radius 1 is 1.23 bits per heavy atom. The maximum Gasteiger partial charge on any atom is 0.257 e. The summed E-state index contributed by atoms with van der Waals surface area (Å²) in [5.41, 5.74) is 1.24. The highest BCUT2D eigenvalue weighted by Crippen LogP contribution is 2.20. The molecular weight excluding hydrogens is 400 g/mol. The SMILES string of the molecule is CCC(C)Oc1ccc(C(=O)NC(=S)Nc2cccc(OCC3CCCO3)c2)cc1. The lowest BCUT2D eigenvalue weighted by Gasteiger charge is -2.14. The van der Waals surface area contributed by atoms with E-state index in [1.54, 1.807) is 24.3 Å². The van der Waals surface area contributed by atoms with Gasteiger partial charge in [0.2, 0.25) is 0 Å². The van der Waals surface area contributed by atoms with Crippen molar-refractivity contribution in [3.05, 3.63) is 54.1 Å². The van der Waals surface area contributed by atoms with Gasteiger partial charge in [-0.2, -0.15) is 0 Å². The fraction of sp³-hybridized carbons (Fsp3) is 0.391. The van der Waals surface area contributed by atoms with Crippen molar-refractivity contribution in [1.82, 2.24) is 5.32 Å². The smallest absolute Gasteiger partial charge is 0.257 e. The van der Waals surface area contributed by atoms with Crippen LogP contribution in [0.25, 0.3) is 0 Å². The Labute approximate surface area is 182 Å². The molecule has 6 nitrogen and oxygen atoms in total. The van der Waals surface area contributed by atoms with Gasteiger partial charge >= 0.3 is 0 Å².